The van der Waals surface area contributed by atoms with Gasteiger partial charge in [0.05, 0.1) is 12.5 Å². The Hall–Kier alpha value is -3.37. The fourth-order valence-electron chi connectivity index (χ4n) is 5.68. The summed E-state index contributed by atoms with van der Waals surface area (Å²) >= 11 is 0. The van der Waals surface area contributed by atoms with Gasteiger partial charge in [-0.25, -0.2) is 0 Å². The number of hydrogen-bond acceptors (Lipinski definition) is 7. The first kappa shape index (κ1) is 28.6. The van der Waals surface area contributed by atoms with Crippen LogP contribution in [0.1, 0.15) is 50.5 Å². The lowest BCUT2D eigenvalue weighted by molar-refractivity contribution is -0.144. The molecule has 0 bridgehead atoms. The van der Waals surface area contributed by atoms with Crippen LogP contribution in [-0.4, -0.2) is 76.9 Å². The molecule has 212 valence electrons. The standard InChI is InChI=1S/C29H40N4O6/c1-2-3-13-31(15-7-5-12-30)27(35)19-33-18-22(21-9-10-24-25(17-21)39-20-38-24)28(29(36)37)23(33)11-16-32-14-6-4-8-26(32)34/h4,6,8-10,14,17,22-23,28H,2-3,5,7,11-13,15-16,18-20,30H2,1H3,(H,36,37)/t22-,23+,28?/m1/s1. The molecular formula is C29H40N4O6. The average Bonchev–Trinajstić information content (AvgIpc) is 3.54. The number of nitrogens with zero attached hydrogens (tertiary/aromatic N) is 3. The number of aliphatic carboxylic acids is 1. The monoisotopic (exact) mass is 540 g/mol. The van der Waals surface area contributed by atoms with Crippen molar-refractivity contribution in [3.05, 3.63) is 58.5 Å². The maximum atomic E-state index is 13.6. The topological polar surface area (TPSA) is 127 Å². The Morgan fingerprint density at radius 3 is 2.64 bits per heavy atom. The van der Waals surface area contributed by atoms with Crippen molar-refractivity contribution in [2.45, 2.75) is 57.5 Å². The zero-order valence-electron chi connectivity index (χ0n) is 22.7. The molecule has 3 atom stereocenters. The van der Waals surface area contributed by atoms with E-state index in [2.05, 4.69) is 6.92 Å². The summed E-state index contributed by atoms with van der Waals surface area (Å²) in [7, 11) is 0. The molecule has 1 aromatic carbocycles. The number of carbonyl (C=O) groups is 2. The van der Waals surface area contributed by atoms with Crippen LogP contribution < -0.4 is 20.8 Å². The van der Waals surface area contributed by atoms with Crippen molar-refractivity contribution >= 4 is 11.9 Å². The summed E-state index contributed by atoms with van der Waals surface area (Å²) in [6.07, 6.45) is 5.71. The van der Waals surface area contributed by atoms with Gasteiger partial charge in [-0.05, 0) is 56.0 Å². The molecule has 1 saturated heterocycles. The number of carboxylic acids is 1. The van der Waals surface area contributed by atoms with E-state index >= 15 is 0 Å². The number of likely N-dealkylation sites (tertiary alicyclic amines) is 1. The fourth-order valence-corrected chi connectivity index (χ4v) is 5.68. The number of unbranched alkanes of at least 4 members (excludes halogenated alkanes) is 2. The van der Waals surface area contributed by atoms with Gasteiger partial charge in [-0.1, -0.05) is 25.5 Å². The Morgan fingerprint density at radius 1 is 1.10 bits per heavy atom. The maximum absolute atomic E-state index is 13.6. The molecule has 3 heterocycles. The lowest BCUT2D eigenvalue weighted by atomic mass is 9.84. The number of nitrogens with two attached hydrogens (primary N) is 1. The Labute approximate surface area is 229 Å². The predicted molar refractivity (Wildman–Crippen MR) is 147 cm³/mol. The van der Waals surface area contributed by atoms with Crippen molar-refractivity contribution in [2.75, 3.05) is 39.5 Å². The van der Waals surface area contributed by atoms with Gasteiger partial charge in [0.2, 0.25) is 18.3 Å². The van der Waals surface area contributed by atoms with Crippen LogP contribution in [0.3, 0.4) is 0 Å². The smallest absolute Gasteiger partial charge is 0.308 e. The van der Waals surface area contributed by atoms with Crippen LogP contribution in [-0.2, 0) is 16.1 Å². The minimum Gasteiger partial charge on any atom is -0.481 e. The number of carboxylic acid groups (broad SMARTS) is 1. The quantitative estimate of drug-likeness (QED) is 0.350. The summed E-state index contributed by atoms with van der Waals surface area (Å²) in [5, 5.41) is 10.4. The molecule has 39 heavy (non-hydrogen) atoms. The lowest BCUT2D eigenvalue weighted by Gasteiger charge is -2.30. The molecule has 4 rings (SSSR count). The summed E-state index contributed by atoms with van der Waals surface area (Å²) in [6, 6.07) is 10.1. The number of hydrogen-bond donors (Lipinski definition) is 2. The van der Waals surface area contributed by atoms with Crippen molar-refractivity contribution in [1.29, 1.82) is 0 Å². The van der Waals surface area contributed by atoms with Gasteiger partial charge in [0.15, 0.2) is 11.5 Å². The number of amides is 1. The number of aromatic nitrogens is 1. The number of aryl methyl sites for hydroxylation is 1. The first-order valence-electron chi connectivity index (χ1n) is 13.9. The van der Waals surface area contributed by atoms with Gasteiger partial charge < -0.3 is 29.8 Å². The summed E-state index contributed by atoms with van der Waals surface area (Å²) < 4.78 is 12.6. The summed E-state index contributed by atoms with van der Waals surface area (Å²) in [5.41, 5.74) is 6.38. The van der Waals surface area contributed by atoms with Crippen molar-refractivity contribution in [3.63, 3.8) is 0 Å². The first-order valence-corrected chi connectivity index (χ1v) is 13.9. The molecule has 1 amide bonds. The number of carbonyl (C=O) groups excluding carboxylic acids is 1. The highest BCUT2D eigenvalue weighted by molar-refractivity contribution is 5.79. The van der Waals surface area contributed by atoms with Gasteiger partial charge in [0.25, 0.3) is 0 Å². The number of rotatable bonds is 14. The van der Waals surface area contributed by atoms with E-state index in [9.17, 15) is 19.5 Å². The van der Waals surface area contributed by atoms with Crippen LogP contribution in [0.4, 0.5) is 0 Å². The van der Waals surface area contributed by atoms with Crippen molar-refractivity contribution in [3.8, 4) is 11.5 Å². The van der Waals surface area contributed by atoms with Gasteiger partial charge in [-0.2, -0.15) is 0 Å². The largest absolute Gasteiger partial charge is 0.481 e. The molecule has 0 saturated carbocycles. The molecule has 10 nitrogen and oxygen atoms in total. The van der Waals surface area contributed by atoms with E-state index in [-0.39, 0.29) is 30.7 Å². The van der Waals surface area contributed by atoms with Crippen LogP contribution >= 0.6 is 0 Å². The van der Waals surface area contributed by atoms with Crippen LogP contribution in [0.5, 0.6) is 11.5 Å². The molecule has 1 unspecified atom stereocenters. The second kappa shape index (κ2) is 13.6. The maximum Gasteiger partial charge on any atom is 0.308 e. The van der Waals surface area contributed by atoms with E-state index in [1.165, 1.54) is 6.07 Å². The zero-order chi connectivity index (χ0) is 27.8. The van der Waals surface area contributed by atoms with E-state index in [4.69, 9.17) is 15.2 Å². The SMILES string of the molecule is CCCCN(CCCCN)C(=O)CN1C[C@H](c2ccc3c(c2)OCO3)C(C(=O)O)[C@@H]1CCn1ccccc1=O. The van der Waals surface area contributed by atoms with E-state index < -0.39 is 17.9 Å². The van der Waals surface area contributed by atoms with Crippen molar-refractivity contribution in [2.24, 2.45) is 11.7 Å². The van der Waals surface area contributed by atoms with Gasteiger partial charge in [-0.3, -0.25) is 19.3 Å². The minimum absolute atomic E-state index is 0.00201. The van der Waals surface area contributed by atoms with E-state index in [0.717, 1.165) is 31.2 Å². The number of pyridine rings is 1. The molecule has 2 aliphatic rings. The van der Waals surface area contributed by atoms with Crippen LogP contribution in [0, 0.1) is 5.92 Å². The molecule has 1 fully saturated rings. The second-order valence-corrected chi connectivity index (χ2v) is 10.3. The summed E-state index contributed by atoms with van der Waals surface area (Å²) in [6.45, 7) is 5.04. The Kier molecular flexibility index (Phi) is 10.00. The zero-order valence-corrected chi connectivity index (χ0v) is 22.7. The molecule has 2 aliphatic heterocycles. The third-order valence-corrected chi connectivity index (χ3v) is 7.78. The molecule has 0 spiro atoms. The molecule has 3 N–H and O–H groups in total. The average molecular weight is 541 g/mol. The van der Waals surface area contributed by atoms with E-state index in [1.807, 2.05) is 28.0 Å². The molecule has 0 radical (unpaired) electrons. The molecule has 10 heteroatoms. The van der Waals surface area contributed by atoms with Crippen LogP contribution in [0.2, 0.25) is 0 Å². The molecule has 2 aromatic rings. The molecule has 1 aromatic heterocycles. The summed E-state index contributed by atoms with van der Waals surface area (Å²) in [5.74, 6) is -0.770. The molecule has 0 aliphatic carbocycles. The predicted octanol–water partition coefficient (Wildman–Crippen LogP) is 2.50. The Morgan fingerprint density at radius 2 is 1.90 bits per heavy atom. The summed E-state index contributed by atoms with van der Waals surface area (Å²) in [4.78, 5) is 42.5. The normalized spacial score (nSPS) is 20.3. The molecular weight excluding hydrogens is 500 g/mol. The fraction of sp³-hybridized carbons (Fsp3) is 0.552. The first-order chi connectivity index (χ1) is 18.9. The van der Waals surface area contributed by atoms with Crippen LogP contribution in [0.25, 0.3) is 0 Å². The third kappa shape index (κ3) is 6.99. The Balaban J connectivity index is 1.59. The van der Waals surface area contributed by atoms with Gasteiger partial charge in [0.1, 0.15) is 0 Å². The number of fused-ring (bicyclic) bond motifs is 1. The third-order valence-electron chi connectivity index (χ3n) is 7.78. The van der Waals surface area contributed by atoms with Gasteiger partial charge >= 0.3 is 5.97 Å². The van der Waals surface area contributed by atoms with Crippen molar-refractivity contribution in [1.82, 2.24) is 14.4 Å². The highest BCUT2D eigenvalue weighted by Gasteiger charge is 2.47. The second-order valence-electron chi connectivity index (χ2n) is 10.3. The number of benzene rings is 1. The van der Waals surface area contributed by atoms with Crippen molar-refractivity contribution < 1.29 is 24.2 Å². The minimum atomic E-state index is -0.913. The Bertz CT molecular complexity index is 1180. The highest BCUT2D eigenvalue weighted by atomic mass is 16.7. The van der Waals surface area contributed by atoms with Crippen LogP contribution in [0.15, 0.2) is 47.4 Å². The van der Waals surface area contributed by atoms with E-state index in [1.54, 1.807) is 22.9 Å². The van der Waals surface area contributed by atoms with Gasteiger partial charge in [-0.15, -0.1) is 0 Å². The highest BCUT2D eigenvalue weighted by Crippen LogP contribution is 2.42. The van der Waals surface area contributed by atoms with Gasteiger partial charge in [0, 0.05) is 50.4 Å². The number of ether oxygens (including phenoxy) is 2. The lowest BCUT2D eigenvalue weighted by Crippen LogP contribution is -2.45. The van der Waals surface area contributed by atoms with E-state index in [0.29, 0.717) is 50.6 Å².